The number of aliphatic imine (C=N–C) groups is 1. The monoisotopic (exact) mass is 208 g/mol. The van der Waals surface area contributed by atoms with Crippen molar-refractivity contribution in [2.75, 3.05) is 0 Å². The SMILES string of the molecule is C/C(=N/C1CCCCC1)c1nccs1. The minimum Gasteiger partial charge on any atom is -0.284 e. The lowest BCUT2D eigenvalue weighted by atomic mass is 9.96. The lowest BCUT2D eigenvalue weighted by Crippen LogP contribution is -2.12. The third-order valence-electron chi connectivity index (χ3n) is 2.69. The molecule has 1 fully saturated rings. The average molecular weight is 208 g/mol. The molecule has 0 aromatic carbocycles. The molecule has 0 unspecified atom stereocenters. The Labute approximate surface area is 89.1 Å². The zero-order valence-corrected chi connectivity index (χ0v) is 9.39. The molecule has 0 aliphatic heterocycles. The van der Waals surface area contributed by atoms with Gasteiger partial charge in [0, 0.05) is 11.6 Å². The van der Waals surface area contributed by atoms with Crippen LogP contribution in [0.5, 0.6) is 0 Å². The molecule has 14 heavy (non-hydrogen) atoms. The van der Waals surface area contributed by atoms with Crippen molar-refractivity contribution in [3.05, 3.63) is 16.6 Å². The minimum atomic E-state index is 0.563. The summed E-state index contributed by atoms with van der Waals surface area (Å²) >= 11 is 1.68. The minimum absolute atomic E-state index is 0.563. The Bertz CT molecular complexity index is 297. The van der Waals surface area contributed by atoms with E-state index in [0.717, 1.165) is 10.7 Å². The van der Waals surface area contributed by atoms with E-state index in [1.165, 1.54) is 32.1 Å². The number of hydrogen-bond acceptors (Lipinski definition) is 3. The summed E-state index contributed by atoms with van der Waals surface area (Å²) in [6.07, 6.45) is 8.46. The number of rotatable bonds is 2. The molecule has 76 valence electrons. The summed E-state index contributed by atoms with van der Waals surface area (Å²) in [5.74, 6) is 0. The van der Waals surface area contributed by atoms with Crippen molar-refractivity contribution < 1.29 is 0 Å². The first-order valence-electron chi connectivity index (χ1n) is 5.30. The van der Waals surface area contributed by atoms with Crippen LogP contribution in [-0.2, 0) is 0 Å². The van der Waals surface area contributed by atoms with Crippen LogP contribution in [0, 0.1) is 0 Å². The Morgan fingerprint density at radius 2 is 2.21 bits per heavy atom. The molecule has 1 aliphatic carbocycles. The van der Waals surface area contributed by atoms with Crippen molar-refractivity contribution in [2.45, 2.75) is 45.1 Å². The first kappa shape index (κ1) is 9.84. The van der Waals surface area contributed by atoms with Crippen LogP contribution in [0.3, 0.4) is 0 Å². The van der Waals surface area contributed by atoms with E-state index in [2.05, 4.69) is 11.9 Å². The number of thiazole rings is 1. The van der Waals surface area contributed by atoms with Gasteiger partial charge in [-0.25, -0.2) is 4.98 Å². The van der Waals surface area contributed by atoms with Crippen LogP contribution in [0.25, 0.3) is 0 Å². The molecule has 0 bridgehead atoms. The topological polar surface area (TPSA) is 25.2 Å². The summed E-state index contributed by atoms with van der Waals surface area (Å²) in [5, 5.41) is 3.09. The van der Waals surface area contributed by atoms with Crippen LogP contribution in [-0.4, -0.2) is 16.7 Å². The smallest absolute Gasteiger partial charge is 0.136 e. The Balaban J connectivity index is 2.02. The highest BCUT2D eigenvalue weighted by atomic mass is 32.1. The second-order valence-corrected chi connectivity index (χ2v) is 4.74. The van der Waals surface area contributed by atoms with Crippen molar-refractivity contribution in [3.63, 3.8) is 0 Å². The Hall–Kier alpha value is -0.700. The van der Waals surface area contributed by atoms with E-state index in [1.54, 1.807) is 11.3 Å². The van der Waals surface area contributed by atoms with Gasteiger partial charge in [-0.2, -0.15) is 0 Å². The molecular weight excluding hydrogens is 192 g/mol. The van der Waals surface area contributed by atoms with Crippen LogP contribution in [0.1, 0.15) is 44.0 Å². The van der Waals surface area contributed by atoms with Gasteiger partial charge >= 0.3 is 0 Å². The molecule has 2 rings (SSSR count). The molecule has 0 saturated heterocycles. The number of aromatic nitrogens is 1. The van der Waals surface area contributed by atoms with Gasteiger partial charge < -0.3 is 0 Å². The van der Waals surface area contributed by atoms with Crippen LogP contribution in [0.15, 0.2) is 16.6 Å². The third kappa shape index (κ3) is 2.41. The summed E-state index contributed by atoms with van der Waals surface area (Å²) in [6, 6.07) is 0.563. The summed E-state index contributed by atoms with van der Waals surface area (Å²) in [5.41, 5.74) is 1.12. The van der Waals surface area contributed by atoms with Gasteiger partial charge in [0.05, 0.1) is 11.8 Å². The van der Waals surface area contributed by atoms with Gasteiger partial charge in [0.2, 0.25) is 0 Å². The normalized spacial score (nSPS) is 19.9. The quantitative estimate of drug-likeness (QED) is 0.685. The van der Waals surface area contributed by atoms with Gasteiger partial charge in [0.15, 0.2) is 0 Å². The summed E-state index contributed by atoms with van der Waals surface area (Å²) < 4.78 is 0. The summed E-state index contributed by atoms with van der Waals surface area (Å²) in [6.45, 7) is 2.08. The van der Waals surface area contributed by atoms with E-state index in [9.17, 15) is 0 Å². The molecule has 1 aromatic rings. The highest BCUT2D eigenvalue weighted by molar-refractivity contribution is 7.11. The third-order valence-corrected chi connectivity index (χ3v) is 3.57. The van der Waals surface area contributed by atoms with Crippen molar-refractivity contribution in [2.24, 2.45) is 4.99 Å². The van der Waals surface area contributed by atoms with Gasteiger partial charge in [-0.3, -0.25) is 4.99 Å². The van der Waals surface area contributed by atoms with Gasteiger partial charge in [-0.1, -0.05) is 19.3 Å². The fraction of sp³-hybridized carbons (Fsp3) is 0.636. The van der Waals surface area contributed by atoms with Gasteiger partial charge in [0.1, 0.15) is 5.01 Å². The van der Waals surface area contributed by atoms with E-state index in [4.69, 9.17) is 4.99 Å². The van der Waals surface area contributed by atoms with Gasteiger partial charge in [-0.15, -0.1) is 11.3 Å². The van der Waals surface area contributed by atoms with Gasteiger partial charge in [0.25, 0.3) is 0 Å². The molecule has 1 heterocycles. The van der Waals surface area contributed by atoms with Crippen LogP contribution >= 0.6 is 11.3 Å². The Morgan fingerprint density at radius 3 is 2.86 bits per heavy atom. The van der Waals surface area contributed by atoms with Crippen LogP contribution in [0.2, 0.25) is 0 Å². The molecule has 0 N–H and O–H groups in total. The van der Waals surface area contributed by atoms with E-state index in [0.29, 0.717) is 6.04 Å². The molecule has 0 spiro atoms. The molecule has 3 heteroatoms. The Morgan fingerprint density at radius 1 is 1.43 bits per heavy atom. The van der Waals surface area contributed by atoms with Crippen LogP contribution < -0.4 is 0 Å². The maximum atomic E-state index is 4.74. The lowest BCUT2D eigenvalue weighted by molar-refractivity contribution is 0.443. The average Bonchev–Trinajstić information content (AvgIpc) is 2.72. The predicted octanol–water partition coefficient (Wildman–Crippen LogP) is 3.28. The Kier molecular flexibility index (Phi) is 3.30. The maximum Gasteiger partial charge on any atom is 0.136 e. The molecule has 0 atom stereocenters. The first-order valence-corrected chi connectivity index (χ1v) is 6.18. The maximum absolute atomic E-state index is 4.74. The molecule has 1 aliphatic rings. The second kappa shape index (κ2) is 4.69. The van der Waals surface area contributed by atoms with Crippen molar-refractivity contribution in [3.8, 4) is 0 Å². The molecule has 1 saturated carbocycles. The fourth-order valence-corrected chi connectivity index (χ4v) is 2.54. The number of hydrogen-bond donors (Lipinski definition) is 0. The van der Waals surface area contributed by atoms with E-state index in [1.807, 2.05) is 11.6 Å². The summed E-state index contributed by atoms with van der Waals surface area (Å²) in [7, 11) is 0. The molecule has 1 aromatic heterocycles. The van der Waals surface area contributed by atoms with Crippen molar-refractivity contribution in [1.29, 1.82) is 0 Å². The van der Waals surface area contributed by atoms with E-state index < -0.39 is 0 Å². The summed E-state index contributed by atoms with van der Waals surface area (Å²) in [4.78, 5) is 9.01. The second-order valence-electron chi connectivity index (χ2n) is 3.84. The lowest BCUT2D eigenvalue weighted by Gasteiger charge is -2.17. The number of nitrogens with zero attached hydrogens (tertiary/aromatic N) is 2. The largest absolute Gasteiger partial charge is 0.284 e. The standard InChI is InChI=1S/C11H16N2S/c1-9(11-12-7-8-14-11)13-10-5-3-2-4-6-10/h7-8,10H,2-6H2,1H3/b13-9-. The van der Waals surface area contributed by atoms with Crippen molar-refractivity contribution in [1.82, 2.24) is 4.98 Å². The predicted molar refractivity (Wildman–Crippen MR) is 61.2 cm³/mol. The first-order chi connectivity index (χ1) is 6.86. The molecule has 0 amide bonds. The zero-order chi connectivity index (χ0) is 9.80. The highest BCUT2D eigenvalue weighted by Gasteiger charge is 2.12. The van der Waals surface area contributed by atoms with E-state index >= 15 is 0 Å². The van der Waals surface area contributed by atoms with Crippen molar-refractivity contribution >= 4 is 17.0 Å². The van der Waals surface area contributed by atoms with E-state index in [-0.39, 0.29) is 0 Å². The van der Waals surface area contributed by atoms with Crippen LogP contribution in [0.4, 0.5) is 0 Å². The fourth-order valence-electron chi connectivity index (χ4n) is 1.94. The molecule has 0 radical (unpaired) electrons. The zero-order valence-electron chi connectivity index (χ0n) is 8.57. The molecular formula is C11H16N2S. The molecule has 2 nitrogen and oxygen atoms in total. The van der Waals surface area contributed by atoms with Gasteiger partial charge in [-0.05, 0) is 19.8 Å². The highest BCUT2D eigenvalue weighted by Crippen LogP contribution is 2.21.